The van der Waals surface area contributed by atoms with Gasteiger partial charge in [-0.2, -0.15) is 0 Å². The molecular formula is C46H88NO9P. The van der Waals surface area contributed by atoms with Crippen LogP contribution in [0.1, 0.15) is 219 Å². The molecule has 3 unspecified atom stereocenters. The number of nitrogens with two attached hydrogens (primary N) is 1. The maximum Gasteiger partial charge on any atom is 0.472 e. The van der Waals surface area contributed by atoms with Crippen molar-refractivity contribution in [3.8, 4) is 0 Å². The van der Waals surface area contributed by atoms with Gasteiger partial charge in [0.25, 0.3) is 0 Å². The first-order valence-electron chi connectivity index (χ1n) is 23.4. The monoisotopic (exact) mass is 830 g/mol. The number of carbonyl (C=O) groups is 2. The standard InChI is InChI=1S/C46H88NO9P/c1-3-5-7-9-11-13-15-17-18-19-20-21-22-23-24-25-26-27-28-30-32-34-36-38-45(48)56-43(41-54-57(51,52)55-42-44(47)46(49)50)40-53-39-37-35-33-31-29-16-14-12-10-8-6-4-2/h15,17,19-20,43-44H,3-14,16,18,21-42,47H2,1-2H3,(H,49,50)(H,51,52)/b17-15-,20-19-. The van der Waals surface area contributed by atoms with Gasteiger partial charge in [-0.25, -0.2) is 4.57 Å². The number of hydrogen-bond donors (Lipinski definition) is 3. The molecule has 0 aliphatic carbocycles. The summed E-state index contributed by atoms with van der Waals surface area (Å²) < 4.78 is 33.4. The van der Waals surface area contributed by atoms with Crippen LogP contribution < -0.4 is 5.73 Å². The maximum atomic E-state index is 12.6. The van der Waals surface area contributed by atoms with Gasteiger partial charge in [0, 0.05) is 13.0 Å². The lowest BCUT2D eigenvalue weighted by Gasteiger charge is -2.20. The van der Waals surface area contributed by atoms with Gasteiger partial charge >= 0.3 is 19.8 Å². The SMILES string of the molecule is CCCCCCC/C=C\C/C=C\CCCCCCCCCCCCCC(=O)OC(COCCCCCCCCCCCCCC)COP(=O)(O)OCC(N)C(=O)O. The van der Waals surface area contributed by atoms with Crippen LogP contribution >= 0.6 is 7.82 Å². The van der Waals surface area contributed by atoms with E-state index in [-0.39, 0.29) is 13.0 Å². The highest BCUT2D eigenvalue weighted by molar-refractivity contribution is 7.47. The molecule has 3 atom stereocenters. The van der Waals surface area contributed by atoms with E-state index in [1.165, 1.54) is 148 Å². The molecule has 0 heterocycles. The second-order valence-electron chi connectivity index (χ2n) is 15.9. The number of esters is 1. The summed E-state index contributed by atoms with van der Waals surface area (Å²) in [5.74, 6) is -1.77. The summed E-state index contributed by atoms with van der Waals surface area (Å²) in [5.41, 5.74) is 5.36. The third-order valence-corrected chi connectivity index (χ3v) is 11.2. The van der Waals surface area contributed by atoms with Crippen molar-refractivity contribution in [3.05, 3.63) is 24.3 Å². The number of carbonyl (C=O) groups excluding carboxylic acids is 1. The summed E-state index contributed by atoms with van der Waals surface area (Å²) in [6.07, 6.45) is 46.6. The van der Waals surface area contributed by atoms with Gasteiger partial charge in [0.2, 0.25) is 0 Å². The fourth-order valence-electron chi connectivity index (χ4n) is 6.58. The van der Waals surface area contributed by atoms with Crippen LogP contribution in [0.15, 0.2) is 24.3 Å². The largest absolute Gasteiger partial charge is 0.480 e. The van der Waals surface area contributed by atoms with Crippen molar-refractivity contribution in [2.45, 2.75) is 231 Å². The molecule has 4 N–H and O–H groups in total. The van der Waals surface area contributed by atoms with Crippen molar-refractivity contribution < 1.29 is 42.7 Å². The zero-order valence-electron chi connectivity index (χ0n) is 36.7. The zero-order chi connectivity index (χ0) is 41.9. The zero-order valence-corrected chi connectivity index (χ0v) is 37.6. The smallest absolute Gasteiger partial charge is 0.472 e. The second kappa shape index (κ2) is 42.6. The van der Waals surface area contributed by atoms with E-state index in [1.54, 1.807) is 0 Å². The van der Waals surface area contributed by atoms with Crippen LogP contribution in [0.2, 0.25) is 0 Å². The number of phosphoric acid groups is 1. The number of unbranched alkanes of at least 4 members (excludes halogenated alkanes) is 27. The number of allylic oxidation sites excluding steroid dienone is 4. The molecule has 11 heteroatoms. The molecule has 10 nitrogen and oxygen atoms in total. The van der Waals surface area contributed by atoms with Crippen molar-refractivity contribution in [1.29, 1.82) is 0 Å². The predicted octanol–water partition coefficient (Wildman–Crippen LogP) is 13.1. The lowest BCUT2D eigenvalue weighted by atomic mass is 10.0. The molecular weight excluding hydrogens is 741 g/mol. The minimum atomic E-state index is -4.61. The first-order chi connectivity index (χ1) is 27.7. The van der Waals surface area contributed by atoms with Crippen LogP contribution in [0.3, 0.4) is 0 Å². The van der Waals surface area contributed by atoms with Crippen LogP contribution in [-0.2, 0) is 32.7 Å². The number of rotatable bonds is 45. The van der Waals surface area contributed by atoms with E-state index in [2.05, 4.69) is 38.2 Å². The third kappa shape index (κ3) is 42.4. The van der Waals surface area contributed by atoms with E-state index in [9.17, 15) is 19.0 Å². The Morgan fingerprint density at radius 2 is 0.965 bits per heavy atom. The molecule has 0 aliphatic heterocycles. The highest BCUT2D eigenvalue weighted by Crippen LogP contribution is 2.43. The average molecular weight is 830 g/mol. The molecule has 0 amide bonds. The Morgan fingerprint density at radius 1 is 0.561 bits per heavy atom. The number of carboxylic acids is 1. The van der Waals surface area contributed by atoms with E-state index in [1.807, 2.05) is 0 Å². The van der Waals surface area contributed by atoms with Crippen molar-refractivity contribution in [1.82, 2.24) is 0 Å². The molecule has 0 radical (unpaired) electrons. The fraction of sp³-hybridized carbons (Fsp3) is 0.870. The van der Waals surface area contributed by atoms with Crippen molar-refractivity contribution in [2.24, 2.45) is 5.73 Å². The Morgan fingerprint density at radius 3 is 1.42 bits per heavy atom. The van der Waals surface area contributed by atoms with E-state index in [0.717, 1.165) is 44.9 Å². The number of carboxylic acid groups (broad SMARTS) is 1. The Labute approximate surface area is 349 Å². The van der Waals surface area contributed by atoms with Crippen molar-refractivity contribution in [3.63, 3.8) is 0 Å². The highest BCUT2D eigenvalue weighted by Gasteiger charge is 2.27. The minimum absolute atomic E-state index is 0.0205. The Balaban J connectivity index is 4.11. The second-order valence-corrected chi connectivity index (χ2v) is 17.3. The van der Waals surface area contributed by atoms with Crippen LogP contribution in [0.5, 0.6) is 0 Å². The Hall–Kier alpha value is -1.55. The fourth-order valence-corrected chi connectivity index (χ4v) is 7.35. The van der Waals surface area contributed by atoms with Crippen LogP contribution in [0, 0.1) is 0 Å². The maximum absolute atomic E-state index is 12.6. The molecule has 0 saturated carbocycles. The molecule has 0 spiro atoms. The number of aliphatic carboxylic acids is 1. The number of hydrogen-bond acceptors (Lipinski definition) is 8. The van der Waals surface area contributed by atoms with Gasteiger partial charge in [-0.3, -0.25) is 18.6 Å². The van der Waals surface area contributed by atoms with Gasteiger partial charge in [0.15, 0.2) is 0 Å². The Kier molecular flexibility index (Phi) is 41.4. The molecule has 0 aliphatic rings. The minimum Gasteiger partial charge on any atom is -0.480 e. The molecule has 0 aromatic carbocycles. The average Bonchev–Trinajstić information content (AvgIpc) is 3.19. The summed E-state index contributed by atoms with van der Waals surface area (Å²) in [7, 11) is -4.61. The highest BCUT2D eigenvalue weighted by atomic mass is 31.2. The molecule has 0 rings (SSSR count). The molecule has 0 aromatic heterocycles. The summed E-state index contributed by atoms with van der Waals surface area (Å²) in [5, 5.41) is 8.90. The lowest BCUT2D eigenvalue weighted by molar-refractivity contribution is -0.154. The quantitative estimate of drug-likeness (QED) is 0.0234. The Bertz CT molecular complexity index is 1010. The predicted molar refractivity (Wildman–Crippen MR) is 235 cm³/mol. The molecule has 336 valence electrons. The van der Waals surface area contributed by atoms with Gasteiger partial charge < -0.3 is 25.2 Å². The molecule has 0 aromatic rings. The normalized spacial score (nSPS) is 14.0. The summed E-state index contributed by atoms with van der Waals surface area (Å²) in [4.78, 5) is 33.6. The third-order valence-electron chi connectivity index (χ3n) is 10.2. The molecule has 0 saturated heterocycles. The molecule has 57 heavy (non-hydrogen) atoms. The van der Waals surface area contributed by atoms with Crippen LogP contribution in [0.25, 0.3) is 0 Å². The van der Waals surface area contributed by atoms with Gasteiger partial charge in [-0.05, 0) is 44.9 Å². The van der Waals surface area contributed by atoms with Crippen molar-refractivity contribution >= 4 is 19.8 Å². The van der Waals surface area contributed by atoms with Gasteiger partial charge in [-0.1, -0.05) is 192 Å². The van der Waals surface area contributed by atoms with Crippen LogP contribution in [0.4, 0.5) is 0 Å². The van der Waals surface area contributed by atoms with Gasteiger partial charge in [0.05, 0.1) is 19.8 Å². The number of phosphoric ester groups is 1. The lowest BCUT2D eigenvalue weighted by Crippen LogP contribution is -2.34. The van der Waals surface area contributed by atoms with Gasteiger partial charge in [0.1, 0.15) is 12.1 Å². The summed E-state index contributed by atoms with van der Waals surface area (Å²) >= 11 is 0. The summed E-state index contributed by atoms with van der Waals surface area (Å²) in [6.45, 7) is 3.89. The van der Waals surface area contributed by atoms with Crippen LogP contribution in [-0.4, -0.2) is 60.5 Å². The van der Waals surface area contributed by atoms with E-state index >= 15 is 0 Å². The summed E-state index contributed by atoms with van der Waals surface area (Å²) in [6, 6.07) is -1.47. The van der Waals surface area contributed by atoms with E-state index in [4.69, 9.17) is 29.4 Å². The van der Waals surface area contributed by atoms with Gasteiger partial charge in [-0.15, -0.1) is 0 Å². The number of ether oxygens (including phenoxy) is 2. The molecule has 0 bridgehead atoms. The topological polar surface area (TPSA) is 155 Å². The molecule has 0 fully saturated rings. The van der Waals surface area contributed by atoms with E-state index < -0.39 is 45.1 Å². The first-order valence-corrected chi connectivity index (χ1v) is 24.9. The van der Waals surface area contributed by atoms with Crippen molar-refractivity contribution in [2.75, 3.05) is 26.4 Å². The van der Waals surface area contributed by atoms with E-state index in [0.29, 0.717) is 13.0 Å². The first kappa shape index (κ1) is 55.5.